The molecule has 5 nitrogen and oxygen atoms in total. The van der Waals surface area contributed by atoms with Gasteiger partial charge in [0.05, 0.1) is 17.0 Å². The summed E-state index contributed by atoms with van der Waals surface area (Å²) in [5.41, 5.74) is 2.55. The molecule has 6 heteroatoms. The summed E-state index contributed by atoms with van der Waals surface area (Å²) in [6.45, 7) is 0.326. The van der Waals surface area contributed by atoms with Crippen LogP contribution in [0.4, 0.5) is 0 Å². The number of aliphatic hydroxyl groups excluding tert-OH is 1. The average molecular weight is 397 g/mol. The Kier molecular flexibility index (Phi) is 5.10. The van der Waals surface area contributed by atoms with E-state index in [0.717, 1.165) is 11.3 Å². The number of nitrogens with zero attached hydrogens (tertiary/aromatic N) is 2. The largest absolute Gasteiger partial charge is 0.387 e. The number of rotatable bonds is 5. The van der Waals surface area contributed by atoms with Gasteiger partial charge in [-0.05, 0) is 30.2 Å². The number of fused-ring (bicyclic) bond motifs is 1. The molecular weight excluding hydrogens is 372 g/mol. The third-order valence-corrected chi connectivity index (χ3v) is 7.49. The highest BCUT2D eigenvalue weighted by Crippen LogP contribution is 2.38. The molecular formula is C22H24N2O3S. The lowest BCUT2D eigenvalue weighted by atomic mass is 9.97. The van der Waals surface area contributed by atoms with E-state index in [0.29, 0.717) is 24.9 Å². The smallest absolute Gasteiger partial charge is 0.243 e. The van der Waals surface area contributed by atoms with Gasteiger partial charge in [0.25, 0.3) is 0 Å². The zero-order valence-corrected chi connectivity index (χ0v) is 16.6. The first-order valence-corrected chi connectivity index (χ1v) is 10.9. The van der Waals surface area contributed by atoms with E-state index in [1.54, 1.807) is 24.3 Å². The van der Waals surface area contributed by atoms with Gasteiger partial charge >= 0.3 is 0 Å². The van der Waals surface area contributed by atoms with Crippen molar-refractivity contribution in [2.45, 2.75) is 29.9 Å². The van der Waals surface area contributed by atoms with Gasteiger partial charge in [0, 0.05) is 37.5 Å². The Morgan fingerprint density at radius 3 is 2.39 bits per heavy atom. The standard InChI is InChI=1S/C22H24N2O3S/c1-23-14-7-10-18(23)16-20-22(25)19-11-5-6-12-21(19)28(26,27)24(20)15-13-17-8-3-2-4-9-17/h2-12,14,20,22,25H,13,15-16H2,1H3/t20-,22-/m0/s1. The van der Waals surface area contributed by atoms with Gasteiger partial charge in [-0.3, -0.25) is 0 Å². The van der Waals surface area contributed by atoms with Crippen molar-refractivity contribution < 1.29 is 13.5 Å². The molecule has 1 N–H and O–H groups in total. The molecule has 0 aliphatic carbocycles. The van der Waals surface area contributed by atoms with Crippen molar-refractivity contribution in [3.8, 4) is 0 Å². The molecule has 1 aliphatic rings. The van der Waals surface area contributed by atoms with Crippen LogP contribution in [-0.4, -0.2) is 35.0 Å². The lowest BCUT2D eigenvalue weighted by Crippen LogP contribution is -2.49. The van der Waals surface area contributed by atoms with Crippen LogP contribution in [0, 0.1) is 0 Å². The van der Waals surface area contributed by atoms with Gasteiger partial charge < -0.3 is 9.67 Å². The van der Waals surface area contributed by atoms with Gasteiger partial charge in [-0.2, -0.15) is 4.31 Å². The predicted molar refractivity (Wildman–Crippen MR) is 108 cm³/mol. The van der Waals surface area contributed by atoms with Crippen molar-refractivity contribution in [1.82, 2.24) is 8.87 Å². The minimum absolute atomic E-state index is 0.207. The zero-order valence-electron chi connectivity index (χ0n) is 15.8. The van der Waals surface area contributed by atoms with Crippen LogP contribution in [0.3, 0.4) is 0 Å². The molecule has 0 bridgehead atoms. The molecule has 0 saturated heterocycles. The molecule has 1 aliphatic heterocycles. The Labute approximate surface area is 165 Å². The molecule has 0 radical (unpaired) electrons. The molecule has 28 heavy (non-hydrogen) atoms. The van der Waals surface area contributed by atoms with Crippen LogP contribution in [0.25, 0.3) is 0 Å². The third kappa shape index (κ3) is 3.39. The number of aliphatic hydroxyl groups is 1. The summed E-state index contributed by atoms with van der Waals surface area (Å²) in [4.78, 5) is 0.207. The van der Waals surface area contributed by atoms with Crippen LogP contribution >= 0.6 is 0 Å². The summed E-state index contributed by atoms with van der Waals surface area (Å²) in [5, 5.41) is 11.1. The van der Waals surface area contributed by atoms with Gasteiger partial charge in [0.15, 0.2) is 0 Å². The highest BCUT2D eigenvalue weighted by Gasteiger charge is 2.43. The monoisotopic (exact) mass is 396 g/mol. The zero-order chi connectivity index (χ0) is 19.7. The van der Waals surface area contributed by atoms with Crippen molar-refractivity contribution in [2.75, 3.05) is 6.54 Å². The Bertz CT molecular complexity index is 1060. The quantitative estimate of drug-likeness (QED) is 0.721. The van der Waals surface area contributed by atoms with Crippen LogP contribution in [0.15, 0.2) is 77.8 Å². The summed E-state index contributed by atoms with van der Waals surface area (Å²) < 4.78 is 30.3. The Morgan fingerprint density at radius 1 is 0.964 bits per heavy atom. The molecule has 0 fully saturated rings. The first-order chi connectivity index (χ1) is 13.5. The lowest BCUT2D eigenvalue weighted by Gasteiger charge is -2.39. The normalized spacial score (nSPS) is 21.4. The van der Waals surface area contributed by atoms with E-state index in [1.807, 2.05) is 60.3 Å². The summed E-state index contributed by atoms with van der Waals surface area (Å²) in [6, 6.07) is 20.0. The van der Waals surface area contributed by atoms with E-state index in [9.17, 15) is 13.5 Å². The molecule has 2 heterocycles. The average Bonchev–Trinajstić information content (AvgIpc) is 3.11. The second-order valence-electron chi connectivity index (χ2n) is 7.22. The number of aromatic nitrogens is 1. The van der Waals surface area contributed by atoms with Gasteiger partial charge in [-0.1, -0.05) is 48.5 Å². The summed E-state index contributed by atoms with van der Waals surface area (Å²) in [5.74, 6) is 0. The Hall–Kier alpha value is -2.41. The van der Waals surface area contributed by atoms with Gasteiger partial charge in [0.2, 0.25) is 10.0 Å². The fourth-order valence-electron chi connectivity index (χ4n) is 3.94. The molecule has 0 spiro atoms. The van der Waals surface area contributed by atoms with E-state index >= 15 is 0 Å². The van der Waals surface area contributed by atoms with Crippen molar-refractivity contribution in [1.29, 1.82) is 0 Å². The summed E-state index contributed by atoms with van der Waals surface area (Å²) in [7, 11) is -1.76. The maximum absolute atomic E-state index is 13.4. The van der Waals surface area contributed by atoms with E-state index in [-0.39, 0.29) is 4.90 Å². The number of benzene rings is 2. The molecule has 0 saturated carbocycles. The topological polar surface area (TPSA) is 62.5 Å². The highest BCUT2D eigenvalue weighted by molar-refractivity contribution is 7.89. The van der Waals surface area contributed by atoms with Crippen LogP contribution in [0.5, 0.6) is 0 Å². The van der Waals surface area contributed by atoms with E-state index in [4.69, 9.17) is 0 Å². The number of sulfonamides is 1. The first-order valence-electron chi connectivity index (χ1n) is 9.41. The third-order valence-electron chi connectivity index (χ3n) is 5.49. The predicted octanol–water partition coefficient (Wildman–Crippen LogP) is 2.92. The molecule has 2 atom stereocenters. The minimum Gasteiger partial charge on any atom is -0.387 e. The van der Waals surface area contributed by atoms with Crippen LogP contribution < -0.4 is 0 Å². The van der Waals surface area contributed by atoms with Crippen molar-refractivity contribution >= 4 is 10.0 Å². The maximum Gasteiger partial charge on any atom is 0.243 e. The maximum atomic E-state index is 13.4. The van der Waals surface area contributed by atoms with Crippen molar-refractivity contribution in [3.05, 3.63) is 89.7 Å². The molecule has 1 aromatic heterocycles. The molecule has 3 aromatic rings. The van der Waals surface area contributed by atoms with E-state index in [1.165, 1.54) is 4.31 Å². The molecule has 0 unspecified atom stereocenters. The van der Waals surface area contributed by atoms with Crippen LogP contribution in [0.1, 0.15) is 22.9 Å². The highest BCUT2D eigenvalue weighted by atomic mass is 32.2. The number of aryl methyl sites for hydroxylation is 1. The van der Waals surface area contributed by atoms with Crippen LogP contribution in [0.2, 0.25) is 0 Å². The second-order valence-corrected chi connectivity index (χ2v) is 9.07. The SMILES string of the molecule is Cn1cccc1C[C@H]1[C@@H](O)c2ccccc2S(=O)(=O)N1CCc1ccccc1. The van der Waals surface area contributed by atoms with Crippen molar-refractivity contribution in [3.63, 3.8) is 0 Å². The number of hydrogen-bond acceptors (Lipinski definition) is 3. The minimum atomic E-state index is -3.69. The van der Waals surface area contributed by atoms with Crippen molar-refractivity contribution in [2.24, 2.45) is 7.05 Å². The Balaban J connectivity index is 1.72. The van der Waals surface area contributed by atoms with Crippen LogP contribution in [-0.2, 0) is 29.9 Å². The first kappa shape index (κ1) is 18.9. The molecule has 4 rings (SSSR count). The number of hydrogen-bond donors (Lipinski definition) is 1. The fourth-order valence-corrected chi connectivity index (χ4v) is 5.80. The van der Waals surface area contributed by atoms with Gasteiger partial charge in [-0.25, -0.2) is 8.42 Å². The lowest BCUT2D eigenvalue weighted by molar-refractivity contribution is 0.0792. The van der Waals surface area contributed by atoms with E-state index < -0.39 is 22.2 Å². The van der Waals surface area contributed by atoms with E-state index in [2.05, 4.69) is 0 Å². The Morgan fingerprint density at radius 2 is 1.68 bits per heavy atom. The molecule has 0 amide bonds. The molecule has 146 valence electrons. The summed E-state index contributed by atoms with van der Waals surface area (Å²) in [6.07, 6.45) is 2.11. The fraction of sp³-hybridized carbons (Fsp3) is 0.273. The second kappa shape index (κ2) is 7.54. The molecule has 2 aromatic carbocycles. The summed E-state index contributed by atoms with van der Waals surface area (Å²) >= 11 is 0. The van der Waals surface area contributed by atoms with Gasteiger partial charge in [-0.15, -0.1) is 0 Å². The van der Waals surface area contributed by atoms with Gasteiger partial charge in [0.1, 0.15) is 0 Å².